The van der Waals surface area contributed by atoms with Gasteiger partial charge in [-0.3, -0.25) is 10.3 Å². The Morgan fingerprint density at radius 3 is 3.11 bits per heavy atom. The molecule has 1 aromatic heterocycles. The molecule has 1 spiro atoms. The van der Waals surface area contributed by atoms with Crippen molar-refractivity contribution in [3.63, 3.8) is 0 Å². The second-order valence-corrected chi connectivity index (χ2v) is 5.08. The van der Waals surface area contributed by atoms with E-state index in [1.807, 2.05) is 24.3 Å². The van der Waals surface area contributed by atoms with Crippen molar-refractivity contribution in [2.75, 3.05) is 13.3 Å². The average molecular weight is 246 g/mol. The SMILES string of the molecule is O[C@H]1C=C(c2ccccn2)C[C@]2(CCNCO2)C1. The summed E-state index contributed by atoms with van der Waals surface area (Å²) in [6, 6.07) is 5.86. The predicted molar refractivity (Wildman–Crippen MR) is 68.8 cm³/mol. The molecular weight excluding hydrogens is 228 g/mol. The van der Waals surface area contributed by atoms with E-state index in [1.54, 1.807) is 6.20 Å². The van der Waals surface area contributed by atoms with E-state index in [-0.39, 0.29) is 5.60 Å². The number of aliphatic hydroxyl groups is 1. The first-order chi connectivity index (χ1) is 8.77. The molecule has 0 aromatic carbocycles. The number of aliphatic hydroxyl groups excluding tert-OH is 1. The minimum atomic E-state index is -0.436. The Morgan fingerprint density at radius 1 is 1.44 bits per heavy atom. The van der Waals surface area contributed by atoms with Gasteiger partial charge >= 0.3 is 0 Å². The molecule has 2 atom stereocenters. The molecule has 1 aromatic rings. The first kappa shape index (κ1) is 11.8. The van der Waals surface area contributed by atoms with Crippen LogP contribution in [0.2, 0.25) is 0 Å². The first-order valence-electron chi connectivity index (χ1n) is 6.42. The molecule has 0 bridgehead atoms. The summed E-state index contributed by atoms with van der Waals surface area (Å²) >= 11 is 0. The Kier molecular flexibility index (Phi) is 3.16. The van der Waals surface area contributed by atoms with Crippen LogP contribution in [0.15, 0.2) is 30.5 Å². The monoisotopic (exact) mass is 246 g/mol. The Morgan fingerprint density at radius 2 is 2.39 bits per heavy atom. The maximum atomic E-state index is 10.1. The summed E-state index contributed by atoms with van der Waals surface area (Å²) in [6.07, 6.45) is 5.72. The van der Waals surface area contributed by atoms with Crippen LogP contribution in [-0.4, -0.2) is 35.1 Å². The van der Waals surface area contributed by atoms with Crippen LogP contribution >= 0.6 is 0 Å². The quantitative estimate of drug-likeness (QED) is 0.785. The first-order valence-corrected chi connectivity index (χ1v) is 6.42. The summed E-state index contributed by atoms with van der Waals surface area (Å²) in [6.45, 7) is 1.52. The van der Waals surface area contributed by atoms with Gasteiger partial charge < -0.3 is 9.84 Å². The minimum Gasteiger partial charge on any atom is -0.389 e. The van der Waals surface area contributed by atoms with Crippen LogP contribution in [0.4, 0.5) is 0 Å². The molecule has 1 fully saturated rings. The topological polar surface area (TPSA) is 54.4 Å². The Labute approximate surface area is 107 Å². The fourth-order valence-electron chi connectivity index (χ4n) is 2.84. The lowest BCUT2D eigenvalue weighted by molar-refractivity contribution is -0.102. The van der Waals surface area contributed by atoms with Gasteiger partial charge in [-0.25, -0.2) is 0 Å². The molecule has 0 saturated carbocycles. The zero-order valence-electron chi connectivity index (χ0n) is 10.3. The number of nitrogens with one attached hydrogen (secondary N) is 1. The highest BCUT2D eigenvalue weighted by atomic mass is 16.5. The largest absolute Gasteiger partial charge is 0.389 e. The van der Waals surface area contributed by atoms with E-state index in [1.165, 1.54) is 0 Å². The molecule has 18 heavy (non-hydrogen) atoms. The molecule has 2 heterocycles. The predicted octanol–water partition coefficient (Wildman–Crippen LogP) is 1.33. The molecule has 4 heteroatoms. The van der Waals surface area contributed by atoms with E-state index in [2.05, 4.69) is 10.3 Å². The Balaban J connectivity index is 1.87. The van der Waals surface area contributed by atoms with Crippen LogP contribution in [0.25, 0.3) is 5.57 Å². The van der Waals surface area contributed by atoms with E-state index in [4.69, 9.17) is 4.74 Å². The van der Waals surface area contributed by atoms with Crippen molar-refractivity contribution in [3.05, 3.63) is 36.2 Å². The van der Waals surface area contributed by atoms with Gasteiger partial charge in [0, 0.05) is 19.0 Å². The molecule has 1 aliphatic heterocycles. The van der Waals surface area contributed by atoms with Crippen molar-refractivity contribution in [2.45, 2.75) is 31.0 Å². The average Bonchev–Trinajstić information content (AvgIpc) is 2.40. The summed E-state index contributed by atoms with van der Waals surface area (Å²) in [5.41, 5.74) is 1.82. The smallest absolute Gasteiger partial charge is 0.0973 e. The molecule has 0 amide bonds. The third-order valence-corrected chi connectivity index (χ3v) is 3.72. The second kappa shape index (κ2) is 4.80. The van der Waals surface area contributed by atoms with Gasteiger partial charge in [-0.15, -0.1) is 0 Å². The van der Waals surface area contributed by atoms with Crippen molar-refractivity contribution in [2.24, 2.45) is 0 Å². The van der Waals surface area contributed by atoms with Crippen LogP contribution in [0, 0.1) is 0 Å². The molecule has 0 radical (unpaired) electrons. The van der Waals surface area contributed by atoms with Gasteiger partial charge in [-0.2, -0.15) is 0 Å². The third kappa shape index (κ3) is 2.32. The summed E-state index contributed by atoms with van der Waals surface area (Å²) in [7, 11) is 0. The maximum Gasteiger partial charge on any atom is 0.0973 e. The third-order valence-electron chi connectivity index (χ3n) is 3.72. The minimum absolute atomic E-state index is 0.216. The molecule has 1 aliphatic carbocycles. The number of pyridine rings is 1. The van der Waals surface area contributed by atoms with Gasteiger partial charge in [0.05, 0.1) is 24.1 Å². The van der Waals surface area contributed by atoms with Crippen LogP contribution < -0.4 is 5.32 Å². The molecule has 1 saturated heterocycles. The van der Waals surface area contributed by atoms with Gasteiger partial charge in [0.25, 0.3) is 0 Å². The molecule has 96 valence electrons. The van der Waals surface area contributed by atoms with E-state index in [0.29, 0.717) is 13.2 Å². The van der Waals surface area contributed by atoms with Crippen LogP contribution in [0.3, 0.4) is 0 Å². The lowest BCUT2D eigenvalue weighted by Crippen LogP contribution is -2.47. The molecular formula is C14H18N2O2. The number of aromatic nitrogens is 1. The Hall–Kier alpha value is -1.23. The van der Waals surface area contributed by atoms with E-state index < -0.39 is 6.10 Å². The number of hydrogen-bond donors (Lipinski definition) is 2. The summed E-state index contributed by atoms with van der Waals surface area (Å²) in [4.78, 5) is 4.36. The highest BCUT2D eigenvalue weighted by Gasteiger charge is 2.39. The van der Waals surface area contributed by atoms with Crippen molar-refractivity contribution in [1.82, 2.24) is 10.3 Å². The molecule has 4 nitrogen and oxygen atoms in total. The zero-order valence-corrected chi connectivity index (χ0v) is 10.3. The van der Waals surface area contributed by atoms with Gasteiger partial charge in [0.2, 0.25) is 0 Å². The zero-order chi connectivity index (χ0) is 12.4. The van der Waals surface area contributed by atoms with Gasteiger partial charge in [0.1, 0.15) is 0 Å². The highest BCUT2D eigenvalue weighted by molar-refractivity contribution is 5.65. The van der Waals surface area contributed by atoms with Gasteiger partial charge in [-0.05, 0) is 30.7 Å². The van der Waals surface area contributed by atoms with Crippen molar-refractivity contribution >= 4 is 5.57 Å². The standard InChI is InChI=1S/C14H18N2O2/c17-12-7-11(13-3-1-2-5-16-13)8-14(9-12)4-6-15-10-18-14/h1-3,5,7,12,15,17H,4,6,8-10H2/t12-,14+/m0/s1. The molecule has 0 unspecified atom stereocenters. The van der Waals surface area contributed by atoms with Crippen LogP contribution in [0.1, 0.15) is 25.0 Å². The normalized spacial score (nSPS) is 32.3. The fraction of sp³-hybridized carbons (Fsp3) is 0.500. The van der Waals surface area contributed by atoms with E-state index in [9.17, 15) is 5.11 Å². The van der Waals surface area contributed by atoms with Crippen LogP contribution in [0.5, 0.6) is 0 Å². The lowest BCUT2D eigenvalue weighted by atomic mass is 9.79. The number of ether oxygens (including phenoxy) is 1. The molecule has 2 N–H and O–H groups in total. The summed E-state index contributed by atoms with van der Waals surface area (Å²) in [5, 5.41) is 13.2. The molecule has 2 aliphatic rings. The number of hydrogen-bond acceptors (Lipinski definition) is 4. The number of nitrogens with zero attached hydrogens (tertiary/aromatic N) is 1. The van der Waals surface area contributed by atoms with Crippen molar-refractivity contribution in [3.8, 4) is 0 Å². The fourth-order valence-corrected chi connectivity index (χ4v) is 2.84. The Bertz CT molecular complexity index is 438. The number of rotatable bonds is 1. The lowest BCUT2D eigenvalue weighted by Gasteiger charge is -2.41. The van der Waals surface area contributed by atoms with Crippen molar-refractivity contribution < 1.29 is 9.84 Å². The van der Waals surface area contributed by atoms with Crippen LogP contribution in [-0.2, 0) is 4.74 Å². The highest BCUT2D eigenvalue weighted by Crippen LogP contribution is 2.38. The molecule has 3 rings (SSSR count). The van der Waals surface area contributed by atoms with Gasteiger partial charge in [-0.1, -0.05) is 12.1 Å². The van der Waals surface area contributed by atoms with E-state index in [0.717, 1.165) is 30.7 Å². The summed E-state index contributed by atoms with van der Waals surface area (Å²) < 4.78 is 5.89. The van der Waals surface area contributed by atoms with E-state index >= 15 is 0 Å². The second-order valence-electron chi connectivity index (χ2n) is 5.08. The summed E-state index contributed by atoms with van der Waals surface area (Å²) in [5.74, 6) is 0. The van der Waals surface area contributed by atoms with Crippen molar-refractivity contribution in [1.29, 1.82) is 0 Å². The maximum absolute atomic E-state index is 10.1. The van der Waals surface area contributed by atoms with Gasteiger partial charge in [0.15, 0.2) is 0 Å².